The van der Waals surface area contributed by atoms with Gasteiger partial charge in [-0.25, -0.2) is 0 Å². The smallest absolute Gasteiger partial charge is 0.228 e. The van der Waals surface area contributed by atoms with E-state index in [0.29, 0.717) is 0 Å². The average molecular weight is 568 g/mol. The highest BCUT2D eigenvalue weighted by Gasteiger charge is 2.59. The van der Waals surface area contributed by atoms with Crippen LogP contribution in [0.4, 0.5) is 11.4 Å². The Bertz CT molecular complexity index is 1310. The molecule has 4 heteroatoms. The Morgan fingerprint density at radius 2 is 1.31 bits per heavy atom. The molecule has 1 atom stereocenters. The Labute approximate surface area is 255 Å². The van der Waals surface area contributed by atoms with Crippen LogP contribution in [0.25, 0.3) is 10.9 Å². The van der Waals surface area contributed by atoms with E-state index in [9.17, 15) is 0 Å². The second-order valence-corrected chi connectivity index (χ2v) is 13.1. The van der Waals surface area contributed by atoms with Gasteiger partial charge >= 0.3 is 0 Å². The molecule has 4 nitrogen and oxygen atoms in total. The van der Waals surface area contributed by atoms with E-state index in [0.717, 1.165) is 35.3 Å². The Hall–Kier alpha value is -2.88. The summed E-state index contributed by atoms with van der Waals surface area (Å²) in [6.45, 7) is 7.87. The molecule has 1 spiro atoms. The minimum absolute atomic E-state index is 0.246. The van der Waals surface area contributed by atoms with Gasteiger partial charge in [-0.2, -0.15) is 0 Å². The molecule has 226 valence electrons. The first-order chi connectivity index (χ1) is 20.6. The summed E-state index contributed by atoms with van der Waals surface area (Å²) in [4.78, 5) is 12.1. The third-order valence-electron chi connectivity index (χ3n) is 9.75. The van der Waals surface area contributed by atoms with Crippen LogP contribution < -0.4 is 9.64 Å². The van der Waals surface area contributed by atoms with Crippen molar-refractivity contribution < 1.29 is 4.74 Å². The van der Waals surface area contributed by atoms with Gasteiger partial charge in [0.05, 0.1) is 17.1 Å². The third-order valence-corrected chi connectivity index (χ3v) is 9.75. The number of fused-ring (bicyclic) bond motifs is 4. The van der Waals surface area contributed by atoms with Gasteiger partial charge in [-0.15, -0.1) is 0 Å². The molecule has 3 aromatic rings. The lowest BCUT2D eigenvalue weighted by Gasteiger charge is -2.46. The first-order valence-corrected chi connectivity index (χ1v) is 17.1. The van der Waals surface area contributed by atoms with Gasteiger partial charge in [0, 0.05) is 23.8 Å². The van der Waals surface area contributed by atoms with Crippen LogP contribution in [0.1, 0.15) is 129 Å². The van der Waals surface area contributed by atoms with Crippen LogP contribution in [-0.4, -0.2) is 23.5 Å². The summed E-state index contributed by atoms with van der Waals surface area (Å²) < 4.78 is 7.03. The lowest BCUT2D eigenvalue weighted by Crippen LogP contribution is -2.62. The summed E-state index contributed by atoms with van der Waals surface area (Å²) in [5.41, 5.74) is 3.56. The summed E-state index contributed by atoms with van der Waals surface area (Å²) in [7, 11) is 0. The number of aromatic nitrogens is 1. The highest BCUT2D eigenvalue weighted by Crippen LogP contribution is 2.54. The van der Waals surface area contributed by atoms with Crippen LogP contribution in [0.2, 0.25) is 0 Å². The van der Waals surface area contributed by atoms with Crippen molar-refractivity contribution in [2.75, 3.05) is 11.4 Å². The van der Waals surface area contributed by atoms with Crippen molar-refractivity contribution in [3.63, 3.8) is 0 Å². The normalized spacial score (nSPS) is 18.4. The Balaban J connectivity index is 1.10. The molecule has 0 radical (unpaired) electrons. The first-order valence-electron chi connectivity index (χ1n) is 17.1. The van der Waals surface area contributed by atoms with Gasteiger partial charge in [0.1, 0.15) is 11.4 Å². The molecule has 2 aliphatic rings. The summed E-state index contributed by atoms with van der Waals surface area (Å²) in [6, 6.07) is 17.0. The van der Waals surface area contributed by atoms with Gasteiger partial charge in [0.2, 0.25) is 5.72 Å². The van der Waals surface area contributed by atoms with Crippen molar-refractivity contribution in [3.05, 3.63) is 60.3 Å². The van der Waals surface area contributed by atoms with E-state index in [4.69, 9.17) is 9.73 Å². The van der Waals surface area contributed by atoms with E-state index >= 15 is 0 Å². The Morgan fingerprint density at radius 3 is 1.98 bits per heavy atom. The fourth-order valence-electron chi connectivity index (χ4n) is 7.14. The van der Waals surface area contributed by atoms with Crippen molar-refractivity contribution in [1.29, 1.82) is 0 Å². The average Bonchev–Trinajstić information content (AvgIpc) is 3.19. The number of unbranched alkanes of at least 4 members (excludes halogenated alkanes) is 15. The number of benzene rings is 2. The molecule has 0 unspecified atom stereocenters. The molecule has 0 aliphatic carbocycles. The minimum Gasteiger partial charge on any atom is -0.459 e. The number of rotatable bonds is 17. The standard InChI is InChI=1S/C38H53N3O/c1-4-5-6-7-8-9-10-11-12-13-14-15-16-17-18-21-29-41-34-25-20-19-24-32(34)37(2,3)38(41)30-40-36-31-23-22-28-39-33(31)26-27-35(36)42-38/h19-20,22-28,30H,4-18,21,29H2,1-3H3/t38-/m1/s1. The zero-order chi connectivity index (χ0) is 29.3. The molecule has 0 saturated heterocycles. The Kier molecular flexibility index (Phi) is 10.6. The quantitative estimate of drug-likeness (QED) is 0.152. The topological polar surface area (TPSA) is 37.7 Å². The SMILES string of the molecule is CCCCCCCCCCCCCCCCCCN1c2ccccc2C(C)(C)[C@]12C=Nc1c(ccc3ncccc13)O2. The van der Waals surface area contributed by atoms with E-state index in [2.05, 4.69) is 79.3 Å². The highest BCUT2D eigenvalue weighted by molar-refractivity contribution is 5.98. The van der Waals surface area contributed by atoms with Crippen LogP contribution in [0.15, 0.2) is 59.7 Å². The molecular formula is C38H53N3O. The molecule has 0 N–H and O–H groups in total. The van der Waals surface area contributed by atoms with Crippen molar-refractivity contribution in [1.82, 2.24) is 4.98 Å². The van der Waals surface area contributed by atoms with Crippen LogP contribution >= 0.6 is 0 Å². The maximum atomic E-state index is 7.03. The Morgan fingerprint density at radius 1 is 0.690 bits per heavy atom. The van der Waals surface area contributed by atoms with Crippen molar-refractivity contribution >= 4 is 28.5 Å². The molecule has 0 amide bonds. The molecule has 1 aromatic heterocycles. The number of hydrogen-bond donors (Lipinski definition) is 0. The van der Waals surface area contributed by atoms with Crippen molar-refractivity contribution in [3.8, 4) is 5.75 Å². The van der Waals surface area contributed by atoms with Crippen LogP contribution in [0.5, 0.6) is 5.75 Å². The summed E-state index contributed by atoms with van der Waals surface area (Å²) in [5, 5.41) is 1.04. The second kappa shape index (κ2) is 14.5. The molecule has 0 fully saturated rings. The van der Waals surface area contributed by atoms with Gasteiger partial charge in [0.25, 0.3) is 0 Å². The monoisotopic (exact) mass is 567 g/mol. The van der Waals surface area contributed by atoms with Gasteiger partial charge in [-0.3, -0.25) is 9.98 Å². The predicted molar refractivity (Wildman–Crippen MR) is 180 cm³/mol. The number of anilines is 1. The number of ether oxygens (including phenoxy) is 1. The number of pyridine rings is 1. The van der Waals surface area contributed by atoms with E-state index < -0.39 is 5.72 Å². The zero-order valence-electron chi connectivity index (χ0n) is 26.5. The number of para-hydroxylation sites is 1. The molecular weight excluding hydrogens is 514 g/mol. The zero-order valence-corrected chi connectivity index (χ0v) is 26.5. The summed E-state index contributed by atoms with van der Waals surface area (Å²) >= 11 is 0. The summed E-state index contributed by atoms with van der Waals surface area (Å²) in [6.07, 6.45) is 26.1. The molecule has 5 rings (SSSR count). The van der Waals surface area contributed by atoms with Gasteiger partial charge in [-0.05, 0) is 56.2 Å². The van der Waals surface area contributed by atoms with Gasteiger partial charge in [-0.1, -0.05) is 121 Å². The van der Waals surface area contributed by atoms with E-state index in [1.807, 2.05) is 12.3 Å². The van der Waals surface area contributed by atoms with Crippen LogP contribution in [0, 0.1) is 0 Å². The fourth-order valence-corrected chi connectivity index (χ4v) is 7.14. The van der Waals surface area contributed by atoms with Crippen LogP contribution in [-0.2, 0) is 5.41 Å². The number of aliphatic imine (C=N–C) groups is 1. The van der Waals surface area contributed by atoms with E-state index in [1.54, 1.807) is 0 Å². The molecule has 0 bridgehead atoms. The molecule has 2 aliphatic heterocycles. The van der Waals surface area contributed by atoms with Gasteiger partial charge < -0.3 is 9.64 Å². The van der Waals surface area contributed by atoms with Crippen molar-refractivity contribution in [2.24, 2.45) is 4.99 Å². The molecule has 2 aromatic carbocycles. The van der Waals surface area contributed by atoms with E-state index in [-0.39, 0.29) is 5.41 Å². The summed E-state index contributed by atoms with van der Waals surface area (Å²) in [5.74, 6) is 0.843. The molecule has 0 saturated carbocycles. The van der Waals surface area contributed by atoms with E-state index in [1.165, 1.54) is 108 Å². The largest absolute Gasteiger partial charge is 0.459 e. The molecule has 3 heterocycles. The maximum Gasteiger partial charge on any atom is 0.228 e. The minimum atomic E-state index is -0.644. The highest BCUT2D eigenvalue weighted by atomic mass is 16.5. The van der Waals surface area contributed by atoms with Crippen LogP contribution in [0.3, 0.4) is 0 Å². The molecule has 42 heavy (non-hydrogen) atoms. The lowest BCUT2D eigenvalue weighted by molar-refractivity contribution is 0.0774. The number of hydrogen-bond acceptors (Lipinski definition) is 4. The van der Waals surface area contributed by atoms with Gasteiger partial charge in [0.15, 0.2) is 0 Å². The van der Waals surface area contributed by atoms with Crippen molar-refractivity contribution in [2.45, 2.75) is 135 Å². The predicted octanol–water partition coefficient (Wildman–Crippen LogP) is 11.1. The number of nitrogens with zero attached hydrogens (tertiary/aromatic N) is 3. The second-order valence-electron chi connectivity index (χ2n) is 13.1. The fraction of sp³-hybridized carbons (Fsp3) is 0.579. The third kappa shape index (κ3) is 6.53. The first kappa shape index (κ1) is 30.6. The maximum absolute atomic E-state index is 7.03. The lowest BCUT2D eigenvalue weighted by atomic mass is 9.77.